The largest absolute Gasteiger partial charge is 0.491 e. The average Bonchev–Trinajstić information content (AvgIpc) is 2.60. The molecule has 0 fully saturated rings. The highest BCUT2D eigenvalue weighted by atomic mass is 32.2. The van der Waals surface area contributed by atoms with Crippen LogP contribution in [0.25, 0.3) is 0 Å². The summed E-state index contributed by atoms with van der Waals surface area (Å²) in [5.41, 5.74) is 3.21. The molecule has 0 spiro atoms. The van der Waals surface area contributed by atoms with E-state index in [4.69, 9.17) is 4.74 Å². The first-order valence-corrected chi connectivity index (χ1v) is 10.7. The highest BCUT2D eigenvalue weighted by Gasteiger charge is 2.23. The molecule has 0 bridgehead atoms. The summed E-state index contributed by atoms with van der Waals surface area (Å²) in [6.07, 6.45) is 1.97. The number of amides is 1. The van der Waals surface area contributed by atoms with Crippen molar-refractivity contribution in [2.75, 3.05) is 18.1 Å². The van der Waals surface area contributed by atoms with E-state index < -0.39 is 10.0 Å². The zero-order chi connectivity index (χ0) is 19.6. The summed E-state index contributed by atoms with van der Waals surface area (Å²) in [6, 6.07) is 12.6. The van der Waals surface area contributed by atoms with Gasteiger partial charge in [-0.3, -0.25) is 4.79 Å². The van der Waals surface area contributed by atoms with Gasteiger partial charge >= 0.3 is 0 Å². The number of nitrogens with zero attached hydrogens (tertiary/aromatic N) is 1. The van der Waals surface area contributed by atoms with Gasteiger partial charge < -0.3 is 10.1 Å². The summed E-state index contributed by atoms with van der Waals surface area (Å²) < 4.78 is 30.6. The van der Waals surface area contributed by atoms with Crippen LogP contribution in [0.4, 0.5) is 5.69 Å². The fraction of sp³-hybridized carbons (Fsp3) is 0.350. The van der Waals surface area contributed by atoms with Gasteiger partial charge in [0.1, 0.15) is 5.75 Å². The summed E-state index contributed by atoms with van der Waals surface area (Å²) in [5, 5.41) is 2.87. The Bertz CT molecular complexity index is 937. The molecule has 6 nitrogen and oxygen atoms in total. The molecule has 0 radical (unpaired) electrons. The van der Waals surface area contributed by atoms with E-state index in [0.29, 0.717) is 30.8 Å². The monoisotopic (exact) mass is 388 g/mol. The van der Waals surface area contributed by atoms with Crippen LogP contribution >= 0.6 is 0 Å². The molecule has 1 aliphatic rings. The van der Waals surface area contributed by atoms with Gasteiger partial charge in [0.05, 0.1) is 12.4 Å². The van der Waals surface area contributed by atoms with Gasteiger partial charge in [0.25, 0.3) is 5.91 Å². The maximum atomic E-state index is 12.5. The third kappa shape index (κ3) is 4.87. The smallest absolute Gasteiger partial charge is 0.255 e. The Hall–Kier alpha value is -2.38. The van der Waals surface area contributed by atoms with Gasteiger partial charge in [-0.25, -0.2) is 8.42 Å². The normalized spacial score (nSPS) is 14.7. The summed E-state index contributed by atoms with van der Waals surface area (Å²) in [4.78, 5) is 12.5. The molecule has 0 aromatic heterocycles. The van der Waals surface area contributed by atoms with E-state index in [9.17, 15) is 13.2 Å². The van der Waals surface area contributed by atoms with Crippen LogP contribution in [0.1, 0.15) is 35.3 Å². The topological polar surface area (TPSA) is 75.7 Å². The van der Waals surface area contributed by atoms with Gasteiger partial charge in [0.2, 0.25) is 10.0 Å². The van der Waals surface area contributed by atoms with Crippen LogP contribution in [-0.2, 0) is 23.0 Å². The molecular weight excluding hydrogens is 364 g/mol. The minimum Gasteiger partial charge on any atom is -0.491 e. The van der Waals surface area contributed by atoms with Crippen LogP contribution < -0.4 is 10.1 Å². The number of benzene rings is 2. The Morgan fingerprint density at radius 1 is 1.11 bits per heavy atom. The lowest BCUT2D eigenvalue weighted by Gasteiger charge is -2.27. The molecular formula is C20H24N2O4S. The third-order valence-corrected chi connectivity index (χ3v) is 5.65. The van der Waals surface area contributed by atoms with E-state index in [1.54, 1.807) is 24.3 Å². The lowest BCUT2D eigenvalue weighted by Crippen LogP contribution is -2.35. The second-order valence-corrected chi connectivity index (χ2v) is 8.96. The fourth-order valence-corrected chi connectivity index (χ4v) is 3.85. The Morgan fingerprint density at radius 3 is 2.44 bits per heavy atom. The maximum Gasteiger partial charge on any atom is 0.255 e. The van der Waals surface area contributed by atoms with Gasteiger partial charge in [0, 0.05) is 24.3 Å². The minimum atomic E-state index is -3.23. The summed E-state index contributed by atoms with van der Waals surface area (Å²) >= 11 is 0. The van der Waals surface area contributed by atoms with Crippen LogP contribution in [-0.4, -0.2) is 37.5 Å². The van der Waals surface area contributed by atoms with Crippen molar-refractivity contribution in [1.29, 1.82) is 0 Å². The van der Waals surface area contributed by atoms with E-state index >= 15 is 0 Å². The van der Waals surface area contributed by atoms with E-state index in [2.05, 4.69) is 5.32 Å². The third-order valence-electron chi connectivity index (χ3n) is 4.40. The molecule has 0 unspecified atom stereocenters. The number of hydrogen-bond donors (Lipinski definition) is 1. The predicted molar refractivity (Wildman–Crippen MR) is 106 cm³/mol. The number of carbonyl (C=O) groups excluding carboxylic acids is 1. The molecule has 3 rings (SSSR count). The summed E-state index contributed by atoms with van der Waals surface area (Å²) in [6.45, 7) is 4.71. The Morgan fingerprint density at radius 2 is 1.81 bits per heavy atom. The van der Waals surface area contributed by atoms with E-state index in [1.165, 1.54) is 10.6 Å². The summed E-state index contributed by atoms with van der Waals surface area (Å²) in [5.74, 6) is 0.498. The number of sulfonamides is 1. The van der Waals surface area contributed by atoms with E-state index in [1.807, 2.05) is 32.0 Å². The number of rotatable bonds is 5. The number of hydrogen-bond acceptors (Lipinski definition) is 4. The molecule has 7 heteroatoms. The Kier molecular flexibility index (Phi) is 5.53. The van der Waals surface area contributed by atoms with Gasteiger partial charge in [-0.1, -0.05) is 6.07 Å². The summed E-state index contributed by atoms with van der Waals surface area (Å²) in [7, 11) is -3.23. The van der Waals surface area contributed by atoms with Crippen LogP contribution in [0.15, 0.2) is 42.5 Å². The van der Waals surface area contributed by atoms with Crippen molar-refractivity contribution in [1.82, 2.24) is 4.31 Å². The molecule has 1 N–H and O–H groups in total. The molecule has 1 aliphatic heterocycles. The number of anilines is 1. The number of ether oxygens (including phenoxy) is 1. The number of carbonyl (C=O) groups is 1. The Labute approximate surface area is 160 Å². The van der Waals surface area contributed by atoms with Crippen molar-refractivity contribution in [3.8, 4) is 5.75 Å². The van der Waals surface area contributed by atoms with Gasteiger partial charge in [-0.2, -0.15) is 4.31 Å². The standard InChI is InChI=1S/C20H24N2O4S/c1-14(2)26-19-8-5-16(6-9-19)20(23)21-18-7-4-15-10-11-22(27(3,24)25)13-17(15)12-18/h4-9,12,14H,10-11,13H2,1-3H3,(H,21,23). The molecule has 1 amide bonds. The minimum absolute atomic E-state index is 0.0756. The Balaban J connectivity index is 1.72. The fourth-order valence-electron chi connectivity index (χ4n) is 3.05. The van der Waals surface area contributed by atoms with Crippen molar-refractivity contribution in [2.45, 2.75) is 32.9 Å². The molecule has 0 aliphatic carbocycles. The van der Waals surface area contributed by atoms with Crippen LogP contribution in [0.2, 0.25) is 0 Å². The van der Waals surface area contributed by atoms with Crippen LogP contribution in [0.5, 0.6) is 5.75 Å². The van der Waals surface area contributed by atoms with Crippen LogP contribution in [0, 0.1) is 0 Å². The van der Waals surface area contributed by atoms with Gasteiger partial charge in [-0.05, 0) is 67.8 Å². The van der Waals surface area contributed by atoms with Crippen molar-refractivity contribution in [3.05, 3.63) is 59.2 Å². The van der Waals surface area contributed by atoms with Crippen molar-refractivity contribution in [2.24, 2.45) is 0 Å². The molecule has 144 valence electrons. The molecule has 0 saturated carbocycles. The molecule has 0 atom stereocenters. The number of fused-ring (bicyclic) bond motifs is 1. The van der Waals surface area contributed by atoms with Gasteiger partial charge in [-0.15, -0.1) is 0 Å². The van der Waals surface area contributed by atoms with Crippen LogP contribution in [0.3, 0.4) is 0 Å². The predicted octanol–water partition coefficient (Wildman–Crippen LogP) is 3.04. The number of nitrogens with one attached hydrogen (secondary N) is 1. The molecule has 27 heavy (non-hydrogen) atoms. The van der Waals surface area contributed by atoms with E-state index in [-0.39, 0.29) is 12.0 Å². The second kappa shape index (κ2) is 7.70. The molecule has 2 aromatic rings. The first kappa shape index (κ1) is 19.4. The highest BCUT2D eigenvalue weighted by molar-refractivity contribution is 7.88. The zero-order valence-electron chi connectivity index (χ0n) is 15.7. The first-order valence-electron chi connectivity index (χ1n) is 8.87. The zero-order valence-corrected chi connectivity index (χ0v) is 16.5. The van der Waals surface area contributed by atoms with Crippen molar-refractivity contribution < 1.29 is 17.9 Å². The lowest BCUT2D eigenvalue weighted by atomic mass is 10.0. The van der Waals surface area contributed by atoms with Crippen molar-refractivity contribution in [3.63, 3.8) is 0 Å². The maximum absolute atomic E-state index is 12.5. The highest BCUT2D eigenvalue weighted by Crippen LogP contribution is 2.24. The lowest BCUT2D eigenvalue weighted by molar-refractivity contribution is 0.102. The van der Waals surface area contributed by atoms with Gasteiger partial charge in [0.15, 0.2) is 0 Å². The average molecular weight is 388 g/mol. The molecule has 1 heterocycles. The quantitative estimate of drug-likeness (QED) is 0.854. The molecule has 2 aromatic carbocycles. The van der Waals surface area contributed by atoms with E-state index in [0.717, 1.165) is 16.9 Å². The molecule has 0 saturated heterocycles. The second-order valence-electron chi connectivity index (χ2n) is 6.98. The SMILES string of the molecule is CC(C)Oc1ccc(C(=O)Nc2ccc3c(c2)CN(S(C)(=O)=O)CC3)cc1. The van der Waals surface area contributed by atoms with Crippen molar-refractivity contribution >= 4 is 21.6 Å². The first-order chi connectivity index (χ1) is 12.7.